The molecule has 0 atom stereocenters. The molecule has 0 saturated carbocycles. The minimum atomic E-state index is -0.663. The standard InChI is InChI=1S/C33H22OS2/c1-3-9-23(10-4-1)33(24-11-5-2-6-12-24)21-20-27-25-13-7-14-28(26(25)16-17-29(27)34-33)30-18-19-32(36-30)31-15-8-22-35-31/h1-22H. The van der Waals surface area contributed by atoms with E-state index >= 15 is 0 Å². The van der Waals surface area contributed by atoms with Crippen LogP contribution in [0.2, 0.25) is 0 Å². The summed E-state index contributed by atoms with van der Waals surface area (Å²) in [6.45, 7) is 0. The number of rotatable bonds is 4. The van der Waals surface area contributed by atoms with Gasteiger partial charge in [-0.05, 0) is 64.2 Å². The van der Waals surface area contributed by atoms with E-state index in [-0.39, 0.29) is 0 Å². The van der Waals surface area contributed by atoms with E-state index in [1.807, 2.05) is 23.5 Å². The Balaban J connectivity index is 1.36. The topological polar surface area (TPSA) is 9.23 Å². The lowest BCUT2D eigenvalue weighted by Gasteiger charge is -2.36. The predicted octanol–water partition coefficient (Wildman–Crippen LogP) is 9.65. The first-order valence-corrected chi connectivity index (χ1v) is 13.7. The predicted molar refractivity (Wildman–Crippen MR) is 154 cm³/mol. The van der Waals surface area contributed by atoms with E-state index in [1.165, 1.54) is 31.0 Å². The second-order valence-electron chi connectivity index (χ2n) is 8.92. The maximum Gasteiger partial charge on any atom is 0.178 e. The Morgan fingerprint density at radius 2 is 1.31 bits per heavy atom. The van der Waals surface area contributed by atoms with E-state index in [0.717, 1.165) is 22.4 Å². The third-order valence-electron chi connectivity index (χ3n) is 6.86. The van der Waals surface area contributed by atoms with Crippen LogP contribution < -0.4 is 4.74 Å². The van der Waals surface area contributed by atoms with Gasteiger partial charge in [-0.2, -0.15) is 0 Å². The van der Waals surface area contributed by atoms with Crippen molar-refractivity contribution in [1.82, 2.24) is 0 Å². The van der Waals surface area contributed by atoms with Gasteiger partial charge in [-0.15, -0.1) is 22.7 Å². The fourth-order valence-electron chi connectivity index (χ4n) is 5.13. The molecule has 7 rings (SSSR count). The average Bonchev–Trinajstić information content (AvgIpc) is 3.66. The molecule has 1 aliphatic rings. The second-order valence-corrected chi connectivity index (χ2v) is 11.0. The van der Waals surface area contributed by atoms with Crippen molar-refractivity contribution in [3.63, 3.8) is 0 Å². The van der Waals surface area contributed by atoms with E-state index in [4.69, 9.17) is 4.74 Å². The molecule has 0 bridgehead atoms. The highest BCUT2D eigenvalue weighted by atomic mass is 32.1. The number of fused-ring (bicyclic) bond motifs is 3. The highest BCUT2D eigenvalue weighted by molar-refractivity contribution is 7.23. The second kappa shape index (κ2) is 8.63. The van der Waals surface area contributed by atoms with Gasteiger partial charge >= 0.3 is 0 Å². The summed E-state index contributed by atoms with van der Waals surface area (Å²) in [4.78, 5) is 3.92. The van der Waals surface area contributed by atoms with Crippen molar-refractivity contribution in [1.29, 1.82) is 0 Å². The molecule has 36 heavy (non-hydrogen) atoms. The molecule has 0 amide bonds. The number of ether oxygens (including phenoxy) is 1. The van der Waals surface area contributed by atoms with Crippen molar-refractivity contribution in [3.05, 3.63) is 143 Å². The van der Waals surface area contributed by atoms with E-state index in [9.17, 15) is 0 Å². The zero-order valence-corrected chi connectivity index (χ0v) is 21.1. The smallest absolute Gasteiger partial charge is 0.178 e. The summed E-state index contributed by atoms with van der Waals surface area (Å²) in [7, 11) is 0. The largest absolute Gasteiger partial charge is 0.473 e. The van der Waals surface area contributed by atoms with Gasteiger partial charge in [0, 0.05) is 31.3 Å². The maximum absolute atomic E-state index is 6.92. The van der Waals surface area contributed by atoms with Crippen molar-refractivity contribution in [2.75, 3.05) is 0 Å². The number of hydrogen-bond donors (Lipinski definition) is 0. The van der Waals surface area contributed by atoms with Gasteiger partial charge < -0.3 is 4.74 Å². The molecule has 0 unspecified atom stereocenters. The summed E-state index contributed by atoms with van der Waals surface area (Å²) in [5.74, 6) is 0.903. The first-order valence-electron chi connectivity index (χ1n) is 12.0. The highest BCUT2D eigenvalue weighted by Gasteiger charge is 2.37. The van der Waals surface area contributed by atoms with Crippen LogP contribution in [0.15, 0.2) is 127 Å². The van der Waals surface area contributed by atoms with Gasteiger partial charge in [0.2, 0.25) is 0 Å². The molecule has 6 aromatic rings. The van der Waals surface area contributed by atoms with E-state index in [2.05, 4.69) is 121 Å². The molecule has 1 nitrogen and oxygen atoms in total. The van der Waals surface area contributed by atoms with Gasteiger partial charge in [-0.25, -0.2) is 0 Å². The van der Waals surface area contributed by atoms with Crippen molar-refractivity contribution in [2.24, 2.45) is 0 Å². The lowest BCUT2D eigenvalue weighted by Crippen LogP contribution is -2.34. The third kappa shape index (κ3) is 3.43. The Hall–Kier alpha value is -3.92. The molecule has 0 aliphatic carbocycles. The molecule has 0 radical (unpaired) electrons. The van der Waals surface area contributed by atoms with E-state index in [1.54, 1.807) is 11.3 Å². The fraction of sp³-hybridized carbons (Fsp3) is 0.0303. The summed E-state index contributed by atoms with van der Waals surface area (Å²) in [5.41, 5.74) is 3.97. The molecule has 0 N–H and O–H groups in total. The minimum Gasteiger partial charge on any atom is -0.473 e. The summed E-state index contributed by atoms with van der Waals surface area (Å²) in [6.07, 6.45) is 4.46. The molecule has 0 fully saturated rings. The van der Waals surface area contributed by atoms with Crippen molar-refractivity contribution in [2.45, 2.75) is 5.60 Å². The summed E-state index contributed by atoms with van der Waals surface area (Å²) in [6, 6.07) is 40.7. The highest BCUT2D eigenvalue weighted by Crippen LogP contribution is 2.46. The van der Waals surface area contributed by atoms with Gasteiger partial charge in [0.15, 0.2) is 5.60 Å². The van der Waals surface area contributed by atoms with Crippen molar-refractivity contribution >= 4 is 39.5 Å². The zero-order chi connectivity index (χ0) is 24.0. The van der Waals surface area contributed by atoms with Gasteiger partial charge in [0.1, 0.15) is 5.75 Å². The van der Waals surface area contributed by atoms with Crippen molar-refractivity contribution < 1.29 is 4.74 Å². The molecule has 172 valence electrons. The fourth-order valence-corrected chi connectivity index (χ4v) is 7.01. The van der Waals surface area contributed by atoms with E-state index < -0.39 is 5.60 Å². The summed E-state index contributed by atoms with van der Waals surface area (Å²) < 4.78 is 6.92. The minimum absolute atomic E-state index is 0.663. The SMILES string of the molecule is C1=CC(c2ccccc2)(c2ccccc2)Oc2ccc3c(-c4ccc(-c5cccs5)s4)cccc3c21. The van der Waals surface area contributed by atoms with Crippen LogP contribution in [0.5, 0.6) is 5.75 Å². The quantitative estimate of drug-likeness (QED) is 0.235. The van der Waals surface area contributed by atoms with E-state index in [0.29, 0.717) is 0 Å². The van der Waals surface area contributed by atoms with Gasteiger partial charge in [0.25, 0.3) is 0 Å². The Kier molecular flexibility index (Phi) is 5.12. The molecule has 4 aromatic carbocycles. The molecule has 1 aliphatic heterocycles. The number of thiophene rings is 2. The molecular weight excluding hydrogens is 476 g/mol. The molecular formula is C33H22OS2. The molecule has 3 heterocycles. The maximum atomic E-state index is 6.92. The average molecular weight is 499 g/mol. The summed E-state index contributed by atoms with van der Waals surface area (Å²) in [5, 5.41) is 4.59. The van der Waals surface area contributed by atoms with Gasteiger partial charge in [-0.1, -0.05) is 84.9 Å². The van der Waals surface area contributed by atoms with Crippen LogP contribution in [0, 0.1) is 0 Å². The first kappa shape index (κ1) is 21.4. The van der Waals surface area contributed by atoms with Crippen LogP contribution in [0.3, 0.4) is 0 Å². The van der Waals surface area contributed by atoms with Crippen LogP contribution >= 0.6 is 22.7 Å². The van der Waals surface area contributed by atoms with Crippen LogP contribution in [0.4, 0.5) is 0 Å². The Morgan fingerprint density at radius 1 is 0.556 bits per heavy atom. The molecule has 2 aromatic heterocycles. The monoisotopic (exact) mass is 498 g/mol. The number of hydrogen-bond acceptors (Lipinski definition) is 3. The molecule has 0 spiro atoms. The van der Waals surface area contributed by atoms with Crippen LogP contribution in [0.1, 0.15) is 16.7 Å². The Bertz CT molecular complexity index is 1650. The van der Waals surface area contributed by atoms with Crippen LogP contribution in [-0.2, 0) is 5.60 Å². The van der Waals surface area contributed by atoms with Gasteiger partial charge in [-0.3, -0.25) is 0 Å². The van der Waals surface area contributed by atoms with Crippen LogP contribution in [0.25, 0.3) is 37.0 Å². The Labute approximate surface area is 218 Å². The molecule has 3 heteroatoms. The zero-order valence-electron chi connectivity index (χ0n) is 19.4. The lowest BCUT2D eigenvalue weighted by atomic mass is 9.83. The third-order valence-corrected chi connectivity index (χ3v) is 9.04. The van der Waals surface area contributed by atoms with Crippen LogP contribution in [-0.4, -0.2) is 0 Å². The summed E-state index contributed by atoms with van der Waals surface area (Å²) >= 11 is 3.64. The van der Waals surface area contributed by atoms with Crippen molar-refractivity contribution in [3.8, 4) is 25.9 Å². The molecule has 0 saturated heterocycles. The lowest BCUT2D eigenvalue weighted by molar-refractivity contribution is 0.161. The Morgan fingerprint density at radius 3 is 2.03 bits per heavy atom. The normalized spacial score (nSPS) is 13.9. The first-order chi connectivity index (χ1) is 17.8. The van der Waals surface area contributed by atoms with Gasteiger partial charge in [0.05, 0.1) is 0 Å². The number of benzene rings is 4.